The molecule has 1 fully saturated rings. The van der Waals surface area contributed by atoms with Gasteiger partial charge in [-0.05, 0) is 77.5 Å². The first-order valence-electron chi connectivity index (χ1n) is 10.1. The summed E-state index contributed by atoms with van der Waals surface area (Å²) < 4.78 is 23.1. The lowest BCUT2D eigenvalue weighted by atomic mass is 9.74. The second-order valence-corrected chi connectivity index (χ2v) is 9.71. The van der Waals surface area contributed by atoms with Crippen LogP contribution >= 0.6 is 0 Å². The highest BCUT2D eigenvalue weighted by Gasteiger charge is 2.52. The standard InChI is InChI=1S/C22H33BO7/c1-14-16(11-18(24)25)9-15(12-27-13-19(26)28-20(2,3)4)10-17(14)23-29-21(5,6)22(7,8)30-23/h9-10H,11-13H2,1-8H3,(H,24,25). The lowest BCUT2D eigenvalue weighted by Crippen LogP contribution is -2.41. The SMILES string of the molecule is Cc1c(CC(=O)O)cc(COCC(=O)OC(C)(C)C)cc1B1OC(C)(C)C(C)(C)O1. The van der Waals surface area contributed by atoms with Crippen molar-refractivity contribution >= 4 is 24.5 Å². The van der Waals surface area contributed by atoms with Crippen LogP contribution < -0.4 is 5.46 Å². The van der Waals surface area contributed by atoms with E-state index in [9.17, 15) is 14.7 Å². The molecule has 1 saturated heterocycles. The monoisotopic (exact) mass is 420 g/mol. The second-order valence-electron chi connectivity index (χ2n) is 9.71. The third-order valence-corrected chi connectivity index (χ3v) is 5.37. The van der Waals surface area contributed by atoms with Gasteiger partial charge in [0.05, 0.1) is 24.2 Å². The first-order chi connectivity index (χ1) is 13.6. The molecule has 7 nitrogen and oxygen atoms in total. The van der Waals surface area contributed by atoms with E-state index in [1.54, 1.807) is 26.8 Å². The van der Waals surface area contributed by atoms with Gasteiger partial charge in [-0.1, -0.05) is 12.1 Å². The van der Waals surface area contributed by atoms with Crippen LogP contribution in [0.25, 0.3) is 0 Å². The number of hydrogen-bond donors (Lipinski definition) is 1. The van der Waals surface area contributed by atoms with Crippen LogP contribution in [-0.2, 0) is 41.4 Å². The first-order valence-corrected chi connectivity index (χ1v) is 10.1. The Morgan fingerprint density at radius 2 is 1.67 bits per heavy atom. The summed E-state index contributed by atoms with van der Waals surface area (Å²) in [5, 5.41) is 9.31. The molecule has 2 rings (SSSR count). The molecule has 0 atom stereocenters. The summed E-state index contributed by atoms with van der Waals surface area (Å²) in [7, 11) is -0.617. The molecule has 1 N–H and O–H groups in total. The minimum absolute atomic E-state index is 0.127. The summed E-state index contributed by atoms with van der Waals surface area (Å²) in [4.78, 5) is 23.2. The van der Waals surface area contributed by atoms with Crippen LogP contribution in [0.1, 0.15) is 65.2 Å². The van der Waals surface area contributed by atoms with E-state index in [0.717, 1.165) is 16.6 Å². The van der Waals surface area contributed by atoms with Gasteiger partial charge in [-0.2, -0.15) is 0 Å². The highest BCUT2D eigenvalue weighted by Crippen LogP contribution is 2.37. The predicted octanol–water partition coefficient (Wildman–Crippen LogP) is 2.78. The van der Waals surface area contributed by atoms with Gasteiger partial charge in [-0.3, -0.25) is 4.79 Å². The van der Waals surface area contributed by atoms with E-state index in [1.807, 2.05) is 40.7 Å². The summed E-state index contributed by atoms with van der Waals surface area (Å²) in [6.07, 6.45) is -0.127. The van der Waals surface area contributed by atoms with Crippen LogP contribution in [0.3, 0.4) is 0 Å². The lowest BCUT2D eigenvalue weighted by molar-refractivity contribution is -0.160. The zero-order valence-corrected chi connectivity index (χ0v) is 19.3. The molecule has 1 aromatic rings. The molecule has 1 aliphatic rings. The Kier molecular flexibility index (Phi) is 7.06. The van der Waals surface area contributed by atoms with Crippen LogP contribution in [0.4, 0.5) is 0 Å². The van der Waals surface area contributed by atoms with Crippen LogP contribution in [-0.4, -0.2) is 47.6 Å². The fraction of sp³-hybridized carbons (Fsp3) is 0.636. The van der Waals surface area contributed by atoms with E-state index in [-0.39, 0.29) is 19.6 Å². The maximum absolute atomic E-state index is 11.9. The molecule has 1 aliphatic heterocycles. The number of rotatable bonds is 7. The van der Waals surface area contributed by atoms with Gasteiger partial charge in [-0.15, -0.1) is 0 Å². The molecule has 8 heteroatoms. The number of benzene rings is 1. The van der Waals surface area contributed by atoms with Gasteiger partial charge < -0.3 is 23.9 Å². The molecule has 166 valence electrons. The van der Waals surface area contributed by atoms with Crippen molar-refractivity contribution in [1.82, 2.24) is 0 Å². The molecular weight excluding hydrogens is 387 g/mol. The topological polar surface area (TPSA) is 91.3 Å². The molecule has 0 bridgehead atoms. The third kappa shape index (κ3) is 6.06. The highest BCUT2D eigenvalue weighted by atomic mass is 16.7. The zero-order valence-electron chi connectivity index (χ0n) is 19.3. The van der Waals surface area contributed by atoms with Crippen molar-refractivity contribution in [2.75, 3.05) is 6.61 Å². The average molecular weight is 420 g/mol. The summed E-state index contributed by atoms with van der Waals surface area (Å²) in [6.45, 7) is 15.1. The van der Waals surface area contributed by atoms with Gasteiger partial charge in [0.25, 0.3) is 0 Å². The van der Waals surface area contributed by atoms with E-state index in [2.05, 4.69) is 0 Å². The van der Waals surface area contributed by atoms with Gasteiger partial charge in [0.1, 0.15) is 12.2 Å². The number of carboxylic acids is 1. The molecule has 0 unspecified atom stereocenters. The van der Waals surface area contributed by atoms with Crippen molar-refractivity contribution in [2.45, 2.75) is 85.2 Å². The number of carbonyl (C=O) groups excluding carboxylic acids is 1. The molecule has 0 aromatic heterocycles. The van der Waals surface area contributed by atoms with E-state index < -0.39 is 35.9 Å². The second kappa shape index (κ2) is 8.69. The van der Waals surface area contributed by atoms with Crippen molar-refractivity contribution in [3.05, 3.63) is 28.8 Å². The molecular formula is C22H33BO7. The fourth-order valence-corrected chi connectivity index (χ4v) is 3.13. The van der Waals surface area contributed by atoms with E-state index >= 15 is 0 Å². The number of carbonyl (C=O) groups is 2. The predicted molar refractivity (Wildman–Crippen MR) is 114 cm³/mol. The normalized spacial score (nSPS) is 17.8. The Balaban J connectivity index is 2.24. The zero-order chi connectivity index (χ0) is 22.9. The minimum atomic E-state index is -0.926. The maximum atomic E-state index is 11.9. The first kappa shape index (κ1) is 24.4. The van der Waals surface area contributed by atoms with Gasteiger partial charge in [0.15, 0.2) is 0 Å². The molecule has 0 amide bonds. The number of aliphatic carboxylic acids is 1. The Morgan fingerprint density at radius 1 is 1.10 bits per heavy atom. The number of hydrogen-bond acceptors (Lipinski definition) is 6. The summed E-state index contributed by atoms with van der Waals surface area (Å²) in [5.74, 6) is -1.38. The molecule has 0 spiro atoms. The largest absolute Gasteiger partial charge is 0.495 e. The van der Waals surface area contributed by atoms with Crippen molar-refractivity contribution < 1.29 is 33.5 Å². The van der Waals surface area contributed by atoms with Crippen molar-refractivity contribution in [3.63, 3.8) is 0 Å². The Bertz CT molecular complexity index is 792. The Hall–Kier alpha value is -1.90. The van der Waals surface area contributed by atoms with E-state index in [1.165, 1.54) is 0 Å². The summed E-state index contributed by atoms with van der Waals surface area (Å²) in [6, 6.07) is 3.67. The quantitative estimate of drug-likeness (QED) is 0.536. The van der Waals surface area contributed by atoms with Crippen LogP contribution in [0.15, 0.2) is 12.1 Å². The molecule has 0 saturated carbocycles. The van der Waals surface area contributed by atoms with Crippen LogP contribution in [0.2, 0.25) is 0 Å². The van der Waals surface area contributed by atoms with E-state index in [4.69, 9.17) is 18.8 Å². The smallest absolute Gasteiger partial charge is 0.481 e. The number of ether oxygens (including phenoxy) is 2. The maximum Gasteiger partial charge on any atom is 0.495 e. The lowest BCUT2D eigenvalue weighted by Gasteiger charge is -2.32. The molecule has 30 heavy (non-hydrogen) atoms. The highest BCUT2D eigenvalue weighted by molar-refractivity contribution is 6.62. The summed E-state index contributed by atoms with van der Waals surface area (Å²) >= 11 is 0. The van der Waals surface area contributed by atoms with E-state index in [0.29, 0.717) is 5.56 Å². The average Bonchev–Trinajstić information content (AvgIpc) is 2.75. The van der Waals surface area contributed by atoms with Crippen LogP contribution in [0, 0.1) is 6.92 Å². The van der Waals surface area contributed by atoms with Gasteiger partial charge >= 0.3 is 19.1 Å². The van der Waals surface area contributed by atoms with Crippen molar-refractivity contribution in [3.8, 4) is 0 Å². The molecule has 0 radical (unpaired) electrons. The third-order valence-electron chi connectivity index (χ3n) is 5.37. The number of esters is 1. The molecule has 1 heterocycles. The fourth-order valence-electron chi connectivity index (χ4n) is 3.13. The van der Waals surface area contributed by atoms with Gasteiger partial charge in [-0.25, -0.2) is 4.79 Å². The van der Waals surface area contributed by atoms with Crippen molar-refractivity contribution in [1.29, 1.82) is 0 Å². The molecule has 0 aliphatic carbocycles. The minimum Gasteiger partial charge on any atom is -0.481 e. The van der Waals surface area contributed by atoms with Gasteiger partial charge in [0, 0.05) is 0 Å². The number of carboxylic acid groups (broad SMARTS) is 1. The Labute approximate surface area is 179 Å². The Morgan fingerprint density at radius 3 is 2.17 bits per heavy atom. The molecule has 1 aromatic carbocycles. The van der Waals surface area contributed by atoms with Crippen molar-refractivity contribution in [2.24, 2.45) is 0 Å². The summed E-state index contributed by atoms with van der Waals surface area (Å²) in [5.41, 5.74) is 1.37. The van der Waals surface area contributed by atoms with Crippen LogP contribution in [0.5, 0.6) is 0 Å². The van der Waals surface area contributed by atoms with Gasteiger partial charge in [0.2, 0.25) is 0 Å².